The van der Waals surface area contributed by atoms with Gasteiger partial charge in [0, 0.05) is 13.7 Å². The highest BCUT2D eigenvalue weighted by atomic mass is 16.5. The lowest BCUT2D eigenvalue weighted by Crippen LogP contribution is -2.45. The maximum absolute atomic E-state index is 11.5. The first-order chi connectivity index (χ1) is 7.04. The second-order valence-corrected chi connectivity index (χ2v) is 3.26. The van der Waals surface area contributed by atoms with Crippen LogP contribution in [0, 0.1) is 0 Å². The first kappa shape index (κ1) is 13.7. The molecule has 0 fully saturated rings. The molecule has 0 radical (unpaired) electrons. The van der Waals surface area contributed by atoms with E-state index in [4.69, 9.17) is 15.7 Å². The van der Waals surface area contributed by atoms with E-state index < -0.39 is 6.04 Å². The number of ether oxygens (including phenoxy) is 1. The maximum Gasteiger partial charge on any atom is 0.248 e. The molecule has 3 N–H and O–H groups in total. The highest BCUT2D eigenvalue weighted by molar-refractivity contribution is 5.89. The first-order valence-corrected chi connectivity index (χ1v) is 4.85. The fraction of sp³-hybridized carbons (Fsp3) is 0.778. The van der Waals surface area contributed by atoms with Crippen molar-refractivity contribution in [3.8, 4) is 0 Å². The van der Waals surface area contributed by atoms with E-state index in [-0.39, 0.29) is 18.3 Å². The number of hydrogen-bond donors (Lipinski definition) is 2. The van der Waals surface area contributed by atoms with Gasteiger partial charge in [0.2, 0.25) is 5.91 Å². The Balaban J connectivity index is 4.08. The van der Waals surface area contributed by atoms with Gasteiger partial charge in [-0.25, -0.2) is 0 Å². The molecule has 1 amide bonds. The first-order valence-electron chi connectivity index (χ1n) is 4.85. The summed E-state index contributed by atoms with van der Waals surface area (Å²) in [5, 5.41) is 11.3. The molecule has 0 aromatic rings. The standard InChI is InChI=1S/C9H19N3O3/c1-4-5-15-6-8(13)12(3)7(2)9(10)11-14/h7,14H,4-6H2,1-3H3,(H2,10,11). The van der Waals surface area contributed by atoms with Crippen molar-refractivity contribution in [2.75, 3.05) is 20.3 Å². The third-order valence-corrected chi connectivity index (χ3v) is 2.09. The Morgan fingerprint density at radius 1 is 1.67 bits per heavy atom. The van der Waals surface area contributed by atoms with Crippen LogP contribution in [0.3, 0.4) is 0 Å². The number of nitrogens with two attached hydrogens (primary N) is 1. The topological polar surface area (TPSA) is 88.2 Å². The molecular weight excluding hydrogens is 198 g/mol. The summed E-state index contributed by atoms with van der Waals surface area (Å²) in [5.41, 5.74) is 5.38. The summed E-state index contributed by atoms with van der Waals surface area (Å²) in [4.78, 5) is 12.9. The molecule has 0 saturated carbocycles. The van der Waals surface area contributed by atoms with Crippen molar-refractivity contribution in [1.82, 2.24) is 4.90 Å². The number of carbonyl (C=O) groups is 1. The zero-order valence-electron chi connectivity index (χ0n) is 9.43. The number of amides is 1. The van der Waals surface area contributed by atoms with Crippen molar-refractivity contribution < 1.29 is 14.7 Å². The molecule has 0 saturated heterocycles. The predicted octanol–water partition coefficient (Wildman–Crippen LogP) is 0.00630. The summed E-state index contributed by atoms with van der Waals surface area (Å²) in [5.74, 6) is -0.191. The molecule has 0 heterocycles. The monoisotopic (exact) mass is 217 g/mol. The van der Waals surface area contributed by atoms with Crippen molar-refractivity contribution in [1.29, 1.82) is 0 Å². The minimum atomic E-state index is -0.437. The molecular formula is C9H19N3O3. The normalized spacial score (nSPS) is 13.7. The zero-order chi connectivity index (χ0) is 11.8. The van der Waals surface area contributed by atoms with Crippen LogP contribution in [-0.2, 0) is 9.53 Å². The Hall–Kier alpha value is -1.30. The van der Waals surface area contributed by atoms with E-state index in [9.17, 15) is 4.79 Å². The summed E-state index contributed by atoms with van der Waals surface area (Å²) >= 11 is 0. The summed E-state index contributed by atoms with van der Waals surface area (Å²) in [7, 11) is 1.58. The van der Waals surface area contributed by atoms with Crippen LogP contribution in [0.1, 0.15) is 20.3 Å². The third kappa shape index (κ3) is 4.64. The van der Waals surface area contributed by atoms with Gasteiger partial charge in [-0.1, -0.05) is 12.1 Å². The number of hydrogen-bond acceptors (Lipinski definition) is 4. The van der Waals surface area contributed by atoms with E-state index >= 15 is 0 Å². The van der Waals surface area contributed by atoms with Crippen LogP contribution in [0.25, 0.3) is 0 Å². The summed E-state index contributed by atoms with van der Waals surface area (Å²) < 4.78 is 5.09. The molecule has 1 atom stereocenters. The predicted molar refractivity (Wildman–Crippen MR) is 56.8 cm³/mol. The van der Waals surface area contributed by atoms with Gasteiger partial charge in [0.1, 0.15) is 6.61 Å². The molecule has 6 heteroatoms. The zero-order valence-corrected chi connectivity index (χ0v) is 9.43. The Morgan fingerprint density at radius 3 is 2.73 bits per heavy atom. The molecule has 6 nitrogen and oxygen atoms in total. The molecule has 0 aromatic carbocycles. The number of oxime groups is 1. The number of likely N-dealkylation sites (N-methyl/N-ethyl adjacent to an activating group) is 1. The van der Waals surface area contributed by atoms with Crippen LogP contribution in [0.5, 0.6) is 0 Å². The van der Waals surface area contributed by atoms with Gasteiger partial charge in [-0.2, -0.15) is 0 Å². The van der Waals surface area contributed by atoms with Gasteiger partial charge in [0.15, 0.2) is 5.84 Å². The lowest BCUT2D eigenvalue weighted by molar-refractivity contribution is -0.135. The summed E-state index contributed by atoms with van der Waals surface area (Å²) in [6, 6.07) is -0.437. The fourth-order valence-electron chi connectivity index (χ4n) is 0.904. The number of carbonyl (C=O) groups excluding carboxylic acids is 1. The lowest BCUT2D eigenvalue weighted by Gasteiger charge is -2.23. The average Bonchev–Trinajstić information content (AvgIpc) is 2.26. The molecule has 88 valence electrons. The molecule has 0 aliphatic carbocycles. The summed E-state index contributed by atoms with van der Waals surface area (Å²) in [6.07, 6.45) is 0.868. The van der Waals surface area contributed by atoms with E-state index in [1.54, 1.807) is 14.0 Å². The molecule has 0 aromatic heterocycles. The maximum atomic E-state index is 11.5. The minimum absolute atomic E-state index is 0.00124. The molecule has 0 aliphatic heterocycles. The van der Waals surface area contributed by atoms with Crippen LogP contribution in [0.2, 0.25) is 0 Å². The van der Waals surface area contributed by atoms with Crippen LogP contribution < -0.4 is 5.73 Å². The highest BCUT2D eigenvalue weighted by Crippen LogP contribution is 1.97. The average molecular weight is 217 g/mol. The minimum Gasteiger partial charge on any atom is -0.409 e. The Kier molecular flexibility index (Phi) is 6.44. The smallest absolute Gasteiger partial charge is 0.248 e. The quantitative estimate of drug-likeness (QED) is 0.215. The second kappa shape index (κ2) is 7.05. The number of nitrogens with zero attached hydrogens (tertiary/aromatic N) is 2. The van der Waals surface area contributed by atoms with Gasteiger partial charge < -0.3 is 20.6 Å². The fourth-order valence-corrected chi connectivity index (χ4v) is 0.904. The Bertz CT molecular complexity index is 231. The lowest BCUT2D eigenvalue weighted by atomic mass is 10.3. The van der Waals surface area contributed by atoms with Crippen molar-refractivity contribution in [3.05, 3.63) is 0 Å². The van der Waals surface area contributed by atoms with Crippen LogP contribution in [0.15, 0.2) is 5.16 Å². The number of amidine groups is 1. The van der Waals surface area contributed by atoms with Gasteiger partial charge in [-0.15, -0.1) is 0 Å². The van der Waals surface area contributed by atoms with Gasteiger partial charge in [-0.05, 0) is 13.3 Å². The SMILES string of the molecule is CCCOCC(=O)N(C)C(C)C(N)=NO. The van der Waals surface area contributed by atoms with Crippen molar-refractivity contribution in [3.63, 3.8) is 0 Å². The number of rotatable bonds is 6. The van der Waals surface area contributed by atoms with Crippen molar-refractivity contribution in [2.24, 2.45) is 10.9 Å². The highest BCUT2D eigenvalue weighted by Gasteiger charge is 2.18. The largest absolute Gasteiger partial charge is 0.409 e. The van der Waals surface area contributed by atoms with E-state index in [0.717, 1.165) is 6.42 Å². The van der Waals surface area contributed by atoms with Gasteiger partial charge in [0.25, 0.3) is 0 Å². The Labute approximate surface area is 89.7 Å². The van der Waals surface area contributed by atoms with Crippen molar-refractivity contribution in [2.45, 2.75) is 26.3 Å². The molecule has 0 rings (SSSR count). The van der Waals surface area contributed by atoms with Gasteiger partial charge >= 0.3 is 0 Å². The molecule has 15 heavy (non-hydrogen) atoms. The van der Waals surface area contributed by atoms with E-state index in [2.05, 4.69) is 5.16 Å². The van der Waals surface area contributed by atoms with Gasteiger partial charge in [-0.3, -0.25) is 4.79 Å². The van der Waals surface area contributed by atoms with Gasteiger partial charge in [0.05, 0.1) is 6.04 Å². The Morgan fingerprint density at radius 2 is 2.27 bits per heavy atom. The third-order valence-electron chi connectivity index (χ3n) is 2.09. The van der Waals surface area contributed by atoms with Crippen LogP contribution in [0.4, 0.5) is 0 Å². The molecule has 0 bridgehead atoms. The molecule has 0 spiro atoms. The van der Waals surface area contributed by atoms with Crippen LogP contribution in [-0.4, -0.2) is 48.2 Å². The van der Waals surface area contributed by atoms with Crippen LogP contribution >= 0.6 is 0 Å². The molecule has 0 aliphatic rings. The second-order valence-electron chi connectivity index (χ2n) is 3.26. The summed E-state index contributed by atoms with van der Waals surface area (Å²) in [6.45, 7) is 4.21. The van der Waals surface area contributed by atoms with Crippen molar-refractivity contribution >= 4 is 11.7 Å². The van der Waals surface area contributed by atoms with E-state index in [1.807, 2.05) is 6.92 Å². The molecule has 1 unspecified atom stereocenters. The van der Waals surface area contributed by atoms with E-state index in [0.29, 0.717) is 6.61 Å². The van der Waals surface area contributed by atoms with E-state index in [1.165, 1.54) is 4.90 Å².